The third kappa shape index (κ3) is 3.60. The molecule has 1 aromatic carbocycles. The number of H-pyrrole nitrogens is 1. The molecule has 3 rings (SSSR count). The number of ether oxygens (including phenoxy) is 2. The minimum Gasteiger partial charge on any atom is -0.379 e. The Bertz CT molecular complexity index is 710. The van der Waals surface area contributed by atoms with E-state index in [-0.39, 0.29) is 11.8 Å². The maximum absolute atomic E-state index is 12.7. The Morgan fingerprint density at radius 2 is 2.33 bits per heavy atom. The monoisotopic (exact) mass is 331 g/mol. The van der Waals surface area contributed by atoms with Crippen molar-refractivity contribution in [1.29, 1.82) is 0 Å². The summed E-state index contributed by atoms with van der Waals surface area (Å²) in [6, 6.07) is 6.30. The van der Waals surface area contributed by atoms with Crippen LogP contribution in [0.3, 0.4) is 0 Å². The molecule has 1 aromatic heterocycles. The van der Waals surface area contributed by atoms with E-state index in [1.807, 2.05) is 31.0 Å². The van der Waals surface area contributed by atoms with Gasteiger partial charge in [-0.05, 0) is 38.0 Å². The molecule has 0 bridgehead atoms. The van der Waals surface area contributed by atoms with Crippen LogP contribution in [0.25, 0.3) is 10.9 Å². The summed E-state index contributed by atoms with van der Waals surface area (Å²) < 4.78 is 11.1. The van der Waals surface area contributed by atoms with Gasteiger partial charge in [-0.2, -0.15) is 5.10 Å². The second-order valence-corrected chi connectivity index (χ2v) is 6.90. The highest BCUT2D eigenvalue weighted by Gasteiger charge is 2.33. The van der Waals surface area contributed by atoms with Gasteiger partial charge in [0.15, 0.2) is 0 Å². The molecule has 1 saturated heterocycles. The molecule has 1 aliphatic rings. The lowest BCUT2D eigenvalue weighted by Crippen LogP contribution is -2.48. The number of hydrogen-bond donors (Lipinski definition) is 1. The molecule has 6 nitrogen and oxygen atoms in total. The van der Waals surface area contributed by atoms with Crippen molar-refractivity contribution >= 4 is 16.8 Å². The molecule has 2 aromatic rings. The second kappa shape index (κ2) is 6.91. The standard InChI is InChI=1S/C18H25N3O3/c1-18(2,23-3)17(22)21-6-7-24-12-14(11-21)8-13-4-5-16-15(9-13)10-19-20-16/h4-5,9-10,14H,6-8,11-12H2,1-3H3,(H,19,20)/t14-/m0/s1. The summed E-state index contributed by atoms with van der Waals surface area (Å²) in [7, 11) is 1.57. The topological polar surface area (TPSA) is 67.4 Å². The van der Waals surface area contributed by atoms with Gasteiger partial charge in [0.1, 0.15) is 5.60 Å². The lowest BCUT2D eigenvalue weighted by Gasteiger charge is -2.31. The Morgan fingerprint density at radius 1 is 1.50 bits per heavy atom. The van der Waals surface area contributed by atoms with Gasteiger partial charge in [0, 0.05) is 31.5 Å². The Labute approximate surface area is 142 Å². The van der Waals surface area contributed by atoms with Gasteiger partial charge in [-0.1, -0.05) is 6.07 Å². The molecule has 6 heteroatoms. The number of benzene rings is 1. The summed E-state index contributed by atoms with van der Waals surface area (Å²) in [6.07, 6.45) is 2.71. The van der Waals surface area contributed by atoms with E-state index in [0.29, 0.717) is 26.3 Å². The third-order valence-electron chi connectivity index (χ3n) is 4.68. The number of aromatic amines is 1. The van der Waals surface area contributed by atoms with Crippen LogP contribution in [-0.2, 0) is 20.7 Å². The van der Waals surface area contributed by atoms with Gasteiger partial charge < -0.3 is 14.4 Å². The van der Waals surface area contributed by atoms with E-state index in [0.717, 1.165) is 17.3 Å². The average Bonchev–Trinajstić information content (AvgIpc) is 2.92. The molecule has 0 saturated carbocycles. The van der Waals surface area contributed by atoms with E-state index in [9.17, 15) is 4.79 Å². The van der Waals surface area contributed by atoms with Crippen LogP contribution >= 0.6 is 0 Å². The fraction of sp³-hybridized carbons (Fsp3) is 0.556. The third-order valence-corrected chi connectivity index (χ3v) is 4.68. The highest BCUT2D eigenvalue weighted by atomic mass is 16.5. The van der Waals surface area contributed by atoms with Crippen LogP contribution in [0.2, 0.25) is 0 Å². The maximum atomic E-state index is 12.7. The van der Waals surface area contributed by atoms with Crippen LogP contribution in [0.5, 0.6) is 0 Å². The number of amides is 1. The van der Waals surface area contributed by atoms with E-state index in [1.54, 1.807) is 7.11 Å². The molecule has 130 valence electrons. The number of carbonyl (C=O) groups is 1. The van der Waals surface area contributed by atoms with Crippen LogP contribution in [0.1, 0.15) is 19.4 Å². The summed E-state index contributed by atoms with van der Waals surface area (Å²) in [5.41, 5.74) is 1.47. The lowest BCUT2D eigenvalue weighted by molar-refractivity contribution is -0.151. The molecule has 2 heterocycles. The number of nitrogens with zero attached hydrogens (tertiary/aromatic N) is 2. The SMILES string of the molecule is COC(C)(C)C(=O)N1CCOC[C@@H](Cc2ccc3[nH]ncc3c2)C1. The summed E-state index contributed by atoms with van der Waals surface area (Å²) in [5, 5.41) is 8.13. The zero-order valence-electron chi connectivity index (χ0n) is 14.5. The Hall–Kier alpha value is -1.92. The van der Waals surface area contributed by atoms with Crippen LogP contribution in [0.4, 0.5) is 0 Å². The molecule has 1 N–H and O–H groups in total. The zero-order chi connectivity index (χ0) is 17.2. The van der Waals surface area contributed by atoms with Gasteiger partial charge in [-0.25, -0.2) is 0 Å². The molecule has 1 aliphatic heterocycles. The van der Waals surface area contributed by atoms with E-state index < -0.39 is 5.60 Å². The van der Waals surface area contributed by atoms with Gasteiger partial charge in [0.2, 0.25) is 0 Å². The predicted octanol–water partition coefficient (Wildman–Crippen LogP) is 2.01. The van der Waals surface area contributed by atoms with E-state index in [2.05, 4.69) is 22.3 Å². The average molecular weight is 331 g/mol. The number of aromatic nitrogens is 2. The number of fused-ring (bicyclic) bond motifs is 1. The normalized spacial score (nSPS) is 19.5. The number of methoxy groups -OCH3 is 1. The first-order chi connectivity index (χ1) is 11.5. The van der Waals surface area contributed by atoms with Crippen molar-refractivity contribution < 1.29 is 14.3 Å². The molecule has 1 fully saturated rings. The Balaban J connectivity index is 1.71. The van der Waals surface area contributed by atoms with Crippen LogP contribution in [0.15, 0.2) is 24.4 Å². The van der Waals surface area contributed by atoms with Crippen molar-refractivity contribution in [2.75, 3.05) is 33.4 Å². The number of nitrogens with one attached hydrogen (secondary N) is 1. The molecule has 0 spiro atoms. The summed E-state index contributed by atoms with van der Waals surface area (Å²) in [4.78, 5) is 14.5. The number of rotatable bonds is 4. The van der Waals surface area contributed by atoms with Crippen molar-refractivity contribution in [2.45, 2.75) is 25.9 Å². The molecule has 24 heavy (non-hydrogen) atoms. The van der Waals surface area contributed by atoms with E-state index in [1.165, 1.54) is 5.56 Å². The van der Waals surface area contributed by atoms with Crippen molar-refractivity contribution in [3.8, 4) is 0 Å². The molecule has 1 amide bonds. The van der Waals surface area contributed by atoms with Gasteiger partial charge in [0.25, 0.3) is 5.91 Å². The minimum atomic E-state index is -0.801. The first-order valence-electron chi connectivity index (χ1n) is 8.34. The van der Waals surface area contributed by atoms with Gasteiger partial charge >= 0.3 is 0 Å². The van der Waals surface area contributed by atoms with Crippen LogP contribution in [-0.4, -0.2) is 60.0 Å². The molecular weight excluding hydrogens is 306 g/mol. The largest absolute Gasteiger partial charge is 0.379 e. The molecule has 0 aliphatic carbocycles. The second-order valence-electron chi connectivity index (χ2n) is 6.90. The fourth-order valence-electron chi connectivity index (χ4n) is 3.11. The first kappa shape index (κ1) is 16.9. The molecular formula is C18H25N3O3. The summed E-state index contributed by atoms with van der Waals surface area (Å²) in [6.45, 7) is 6.16. The van der Waals surface area contributed by atoms with E-state index in [4.69, 9.17) is 9.47 Å². The smallest absolute Gasteiger partial charge is 0.254 e. The van der Waals surface area contributed by atoms with Crippen molar-refractivity contribution in [1.82, 2.24) is 15.1 Å². The van der Waals surface area contributed by atoms with Crippen molar-refractivity contribution in [2.24, 2.45) is 5.92 Å². The van der Waals surface area contributed by atoms with Gasteiger partial charge in [-0.3, -0.25) is 9.89 Å². The van der Waals surface area contributed by atoms with E-state index >= 15 is 0 Å². The maximum Gasteiger partial charge on any atom is 0.254 e. The molecule has 0 radical (unpaired) electrons. The van der Waals surface area contributed by atoms with Crippen LogP contribution in [0, 0.1) is 5.92 Å². The fourth-order valence-corrected chi connectivity index (χ4v) is 3.11. The van der Waals surface area contributed by atoms with Gasteiger partial charge in [0.05, 0.1) is 24.9 Å². The Morgan fingerprint density at radius 3 is 3.12 bits per heavy atom. The first-order valence-corrected chi connectivity index (χ1v) is 8.34. The Kier molecular flexibility index (Phi) is 4.87. The van der Waals surface area contributed by atoms with Gasteiger partial charge in [-0.15, -0.1) is 0 Å². The van der Waals surface area contributed by atoms with Crippen molar-refractivity contribution in [3.05, 3.63) is 30.0 Å². The summed E-state index contributed by atoms with van der Waals surface area (Å²) in [5.74, 6) is 0.291. The highest BCUT2D eigenvalue weighted by molar-refractivity contribution is 5.84. The quantitative estimate of drug-likeness (QED) is 0.930. The molecule has 0 unspecified atom stereocenters. The molecule has 1 atom stereocenters. The number of carbonyl (C=O) groups excluding carboxylic acids is 1. The highest BCUT2D eigenvalue weighted by Crippen LogP contribution is 2.20. The van der Waals surface area contributed by atoms with Crippen molar-refractivity contribution in [3.63, 3.8) is 0 Å². The van der Waals surface area contributed by atoms with Crippen LogP contribution < -0.4 is 0 Å². The zero-order valence-corrected chi connectivity index (χ0v) is 14.5. The lowest BCUT2D eigenvalue weighted by atomic mass is 9.98. The summed E-state index contributed by atoms with van der Waals surface area (Å²) >= 11 is 0. The minimum absolute atomic E-state index is 0.0192. The number of hydrogen-bond acceptors (Lipinski definition) is 4. The predicted molar refractivity (Wildman–Crippen MR) is 91.8 cm³/mol.